The topological polar surface area (TPSA) is 92.5 Å². The van der Waals surface area contributed by atoms with Gasteiger partial charge in [-0.25, -0.2) is 4.39 Å². The molecule has 0 atom stereocenters. The van der Waals surface area contributed by atoms with Crippen molar-refractivity contribution in [1.29, 1.82) is 0 Å². The number of aryl methyl sites for hydroxylation is 1. The Labute approximate surface area is 109 Å². The van der Waals surface area contributed by atoms with Gasteiger partial charge in [-0.15, -0.1) is 0 Å². The van der Waals surface area contributed by atoms with E-state index in [1.54, 1.807) is 0 Å². The molecule has 0 heterocycles. The third-order valence-corrected chi connectivity index (χ3v) is 2.57. The van der Waals surface area contributed by atoms with Crippen LogP contribution in [-0.2, 0) is 0 Å². The summed E-state index contributed by atoms with van der Waals surface area (Å²) >= 11 is 0. The first-order valence-electron chi connectivity index (χ1n) is 5.81. The Morgan fingerprint density at radius 3 is 2.74 bits per heavy atom. The van der Waals surface area contributed by atoms with E-state index in [0.717, 1.165) is 12.1 Å². The number of nitro groups is 1. The van der Waals surface area contributed by atoms with E-state index >= 15 is 0 Å². The van der Waals surface area contributed by atoms with Crippen LogP contribution in [0.15, 0.2) is 12.1 Å². The number of rotatable bonds is 6. The van der Waals surface area contributed by atoms with Gasteiger partial charge in [0.2, 0.25) is 0 Å². The number of amides is 1. The molecule has 1 amide bonds. The van der Waals surface area contributed by atoms with Crippen LogP contribution in [0.1, 0.15) is 28.8 Å². The summed E-state index contributed by atoms with van der Waals surface area (Å²) in [5.41, 5.74) is -0.607. The normalized spacial score (nSPS) is 10.3. The van der Waals surface area contributed by atoms with Crippen LogP contribution < -0.4 is 5.32 Å². The number of carbonyl (C=O) groups is 1. The number of unbranched alkanes of at least 4 members (excludes halogenated alkanes) is 1. The standard InChI is InChI=1S/C12H15FN2O4/c1-8-6-9(15(18)19)7-10(11(8)13)12(17)14-4-2-3-5-16/h6-7,16H,2-5H2,1H3,(H,14,17). The Hall–Kier alpha value is -2.02. The van der Waals surface area contributed by atoms with E-state index in [4.69, 9.17) is 5.11 Å². The van der Waals surface area contributed by atoms with Crippen LogP contribution in [0.5, 0.6) is 0 Å². The molecule has 0 saturated heterocycles. The fourth-order valence-electron chi connectivity index (χ4n) is 1.56. The van der Waals surface area contributed by atoms with Crippen LogP contribution in [0.4, 0.5) is 10.1 Å². The van der Waals surface area contributed by atoms with E-state index in [-0.39, 0.29) is 30.0 Å². The van der Waals surface area contributed by atoms with Gasteiger partial charge in [0.1, 0.15) is 5.82 Å². The third kappa shape index (κ3) is 3.99. The Bertz CT molecular complexity index is 491. The number of hydrogen-bond donors (Lipinski definition) is 2. The van der Waals surface area contributed by atoms with Gasteiger partial charge in [0, 0.05) is 25.3 Å². The molecule has 19 heavy (non-hydrogen) atoms. The van der Waals surface area contributed by atoms with E-state index in [0.29, 0.717) is 12.8 Å². The van der Waals surface area contributed by atoms with E-state index in [1.165, 1.54) is 6.92 Å². The molecule has 0 unspecified atom stereocenters. The van der Waals surface area contributed by atoms with Gasteiger partial charge in [-0.05, 0) is 25.3 Å². The number of nitrogens with zero attached hydrogens (tertiary/aromatic N) is 1. The van der Waals surface area contributed by atoms with Gasteiger partial charge in [-0.3, -0.25) is 14.9 Å². The molecule has 0 aromatic heterocycles. The zero-order valence-corrected chi connectivity index (χ0v) is 10.5. The molecule has 0 aliphatic rings. The van der Waals surface area contributed by atoms with Crippen molar-refractivity contribution in [3.05, 3.63) is 39.2 Å². The lowest BCUT2D eigenvalue weighted by Gasteiger charge is -2.07. The smallest absolute Gasteiger partial charge is 0.270 e. The zero-order chi connectivity index (χ0) is 14.4. The Morgan fingerprint density at radius 1 is 1.47 bits per heavy atom. The maximum atomic E-state index is 13.7. The number of nitro benzene ring substituents is 1. The van der Waals surface area contributed by atoms with Crippen molar-refractivity contribution in [3.63, 3.8) is 0 Å². The summed E-state index contributed by atoms with van der Waals surface area (Å²) in [6.07, 6.45) is 1.08. The first-order chi connectivity index (χ1) is 8.97. The second kappa shape index (κ2) is 6.79. The largest absolute Gasteiger partial charge is 0.396 e. The van der Waals surface area contributed by atoms with Gasteiger partial charge >= 0.3 is 0 Å². The molecule has 0 bridgehead atoms. The lowest BCUT2D eigenvalue weighted by Crippen LogP contribution is -2.26. The summed E-state index contributed by atoms with van der Waals surface area (Å²) < 4.78 is 13.7. The fraction of sp³-hybridized carbons (Fsp3) is 0.417. The molecule has 0 aliphatic carbocycles. The summed E-state index contributed by atoms with van der Waals surface area (Å²) in [4.78, 5) is 21.7. The molecule has 0 radical (unpaired) electrons. The first kappa shape index (κ1) is 15.0. The zero-order valence-electron chi connectivity index (χ0n) is 10.5. The quantitative estimate of drug-likeness (QED) is 0.466. The van der Waals surface area contributed by atoms with Crippen molar-refractivity contribution >= 4 is 11.6 Å². The fourth-order valence-corrected chi connectivity index (χ4v) is 1.56. The van der Waals surface area contributed by atoms with E-state index in [1.807, 2.05) is 0 Å². The Balaban J connectivity index is 2.86. The van der Waals surface area contributed by atoms with Crippen molar-refractivity contribution in [3.8, 4) is 0 Å². The maximum absolute atomic E-state index is 13.7. The van der Waals surface area contributed by atoms with Gasteiger partial charge in [-0.2, -0.15) is 0 Å². The van der Waals surface area contributed by atoms with Crippen LogP contribution in [0, 0.1) is 22.9 Å². The highest BCUT2D eigenvalue weighted by atomic mass is 19.1. The van der Waals surface area contributed by atoms with Gasteiger partial charge in [0.05, 0.1) is 10.5 Å². The van der Waals surface area contributed by atoms with Crippen LogP contribution in [0.25, 0.3) is 0 Å². The van der Waals surface area contributed by atoms with Crippen LogP contribution in [0.2, 0.25) is 0 Å². The minimum Gasteiger partial charge on any atom is -0.396 e. The molecule has 0 aliphatic heterocycles. The van der Waals surface area contributed by atoms with E-state index in [2.05, 4.69) is 5.32 Å². The minimum atomic E-state index is -0.759. The van der Waals surface area contributed by atoms with E-state index < -0.39 is 16.6 Å². The highest BCUT2D eigenvalue weighted by Crippen LogP contribution is 2.20. The first-order valence-corrected chi connectivity index (χ1v) is 5.81. The van der Waals surface area contributed by atoms with Gasteiger partial charge in [0.25, 0.3) is 11.6 Å². The molecule has 104 valence electrons. The number of non-ortho nitro benzene ring substituents is 1. The van der Waals surface area contributed by atoms with Crippen LogP contribution in [-0.4, -0.2) is 29.1 Å². The molecule has 0 fully saturated rings. The highest BCUT2D eigenvalue weighted by Gasteiger charge is 2.19. The summed E-state index contributed by atoms with van der Waals surface area (Å²) in [6, 6.07) is 2.00. The second-order valence-electron chi connectivity index (χ2n) is 4.07. The van der Waals surface area contributed by atoms with Crippen molar-refractivity contribution in [2.45, 2.75) is 19.8 Å². The van der Waals surface area contributed by atoms with Crippen molar-refractivity contribution in [2.24, 2.45) is 0 Å². The molecule has 7 heteroatoms. The van der Waals surface area contributed by atoms with Crippen molar-refractivity contribution < 1.29 is 19.2 Å². The summed E-state index contributed by atoms with van der Waals surface area (Å²) in [5, 5.41) is 21.7. The number of benzene rings is 1. The third-order valence-electron chi connectivity index (χ3n) is 2.57. The summed E-state index contributed by atoms with van der Waals surface area (Å²) in [7, 11) is 0. The van der Waals surface area contributed by atoms with Gasteiger partial charge in [-0.1, -0.05) is 0 Å². The van der Waals surface area contributed by atoms with Crippen molar-refractivity contribution in [2.75, 3.05) is 13.2 Å². The molecule has 0 spiro atoms. The Morgan fingerprint density at radius 2 is 2.16 bits per heavy atom. The minimum absolute atomic E-state index is 0.0140. The molecular weight excluding hydrogens is 255 g/mol. The van der Waals surface area contributed by atoms with Crippen LogP contribution in [0.3, 0.4) is 0 Å². The molecule has 1 aromatic carbocycles. The molecule has 6 nitrogen and oxygen atoms in total. The highest BCUT2D eigenvalue weighted by molar-refractivity contribution is 5.95. The van der Waals surface area contributed by atoms with Crippen molar-refractivity contribution in [1.82, 2.24) is 5.32 Å². The molecule has 2 N–H and O–H groups in total. The van der Waals surface area contributed by atoms with E-state index in [9.17, 15) is 19.3 Å². The lowest BCUT2D eigenvalue weighted by atomic mass is 10.1. The summed E-state index contributed by atoms with van der Waals surface area (Å²) in [5.74, 6) is -1.45. The molecule has 0 saturated carbocycles. The number of halogens is 1. The number of hydrogen-bond acceptors (Lipinski definition) is 4. The SMILES string of the molecule is Cc1cc([N+](=O)[O-])cc(C(=O)NCCCCO)c1F. The predicted octanol–water partition coefficient (Wildman–Crippen LogP) is 1.54. The maximum Gasteiger partial charge on any atom is 0.270 e. The number of aliphatic hydroxyl groups excluding tert-OH is 1. The second-order valence-corrected chi connectivity index (χ2v) is 4.07. The summed E-state index contributed by atoms with van der Waals surface area (Å²) in [6.45, 7) is 1.66. The predicted molar refractivity (Wildman–Crippen MR) is 66.4 cm³/mol. The molecule has 1 rings (SSSR count). The van der Waals surface area contributed by atoms with Gasteiger partial charge < -0.3 is 10.4 Å². The number of aliphatic hydroxyl groups is 1. The Kier molecular flexibility index (Phi) is 5.37. The lowest BCUT2D eigenvalue weighted by molar-refractivity contribution is -0.385. The molecule has 1 aromatic rings. The average molecular weight is 270 g/mol. The monoisotopic (exact) mass is 270 g/mol. The average Bonchev–Trinajstić information content (AvgIpc) is 2.37. The molecular formula is C12H15FN2O4. The van der Waals surface area contributed by atoms with Gasteiger partial charge in [0.15, 0.2) is 0 Å². The number of carbonyl (C=O) groups excluding carboxylic acids is 1. The number of nitrogens with one attached hydrogen (secondary N) is 1. The van der Waals surface area contributed by atoms with Crippen LogP contribution >= 0.6 is 0 Å².